The Morgan fingerprint density at radius 3 is 3.00 bits per heavy atom. The number of nitrogens with one attached hydrogen (secondary N) is 1. The van der Waals surface area contributed by atoms with Crippen LogP contribution in [-0.4, -0.2) is 32.3 Å². The van der Waals surface area contributed by atoms with Crippen LogP contribution in [0.25, 0.3) is 0 Å². The quantitative estimate of drug-likeness (QED) is 0.762. The summed E-state index contributed by atoms with van der Waals surface area (Å²) in [6.45, 7) is 0.635. The summed E-state index contributed by atoms with van der Waals surface area (Å²) in [7, 11) is -0.774. The molecule has 94 valence electrons. The van der Waals surface area contributed by atoms with Crippen molar-refractivity contribution >= 4 is 16.6 Å². The van der Waals surface area contributed by atoms with Crippen LogP contribution in [0, 0.1) is 0 Å². The molecular weight excluding hydrogens is 238 g/mol. The van der Waals surface area contributed by atoms with Gasteiger partial charge in [-0.25, -0.2) is 4.98 Å². The van der Waals surface area contributed by atoms with E-state index in [0.717, 1.165) is 19.3 Å². The third kappa shape index (κ3) is 3.39. The fourth-order valence-electron chi connectivity index (χ4n) is 1.67. The van der Waals surface area contributed by atoms with Crippen LogP contribution in [0.15, 0.2) is 17.2 Å². The second kappa shape index (κ2) is 5.44. The van der Waals surface area contributed by atoms with Gasteiger partial charge in [-0.15, -0.1) is 0 Å². The summed E-state index contributed by atoms with van der Waals surface area (Å²) < 4.78 is 12.6. The lowest BCUT2D eigenvalue weighted by Crippen LogP contribution is -2.24. The van der Waals surface area contributed by atoms with Crippen molar-refractivity contribution in [3.63, 3.8) is 0 Å². The molecule has 1 unspecified atom stereocenters. The fourth-order valence-corrected chi connectivity index (χ4v) is 2.22. The van der Waals surface area contributed by atoms with Gasteiger partial charge in [0, 0.05) is 47.8 Å². The highest BCUT2D eigenvalue weighted by atomic mass is 32.2. The number of rotatable bonds is 6. The van der Waals surface area contributed by atoms with E-state index >= 15 is 0 Å². The van der Waals surface area contributed by atoms with E-state index < -0.39 is 10.8 Å². The van der Waals surface area contributed by atoms with Crippen molar-refractivity contribution in [2.24, 2.45) is 0 Å². The smallest absolute Gasteiger partial charge is 0.293 e. The van der Waals surface area contributed by atoms with E-state index in [1.165, 1.54) is 0 Å². The Kier molecular flexibility index (Phi) is 3.93. The van der Waals surface area contributed by atoms with Gasteiger partial charge < -0.3 is 9.88 Å². The molecular formula is C11H17N3O2S. The fraction of sp³-hybridized carbons (Fsp3) is 0.636. The van der Waals surface area contributed by atoms with Crippen LogP contribution in [0.1, 0.15) is 25.3 Å². The van der Waals surface area contributed by atoms with Crippen molar-refractivity contribution in [3.05, 3.63) is 22.7 Å². The highest BCUT2D eigenvalue weighted by Gasteiger charge is 2.25. The van der Waals surface area contributed by atoms with Crippen LogP contribution >= 0.6 is 0 Å². The van der Waals surface area contributed by atoms with Crippen molar-refractivity contribution in [2.45, 2.75) is 25.3 Å². The Bertz CT molecular complexity index is 468. The first-order chi connectivity index (χ1) is 8.18. The van der Waals surface area contributed by atoms with Crippen LogP contribution in [-0.2, 0) is 10.8 Å². The molecule has 1 N–H and O–H groups in total. The largest absolute Gasteiger partial charge is 0.365 e. The van der Waals surface area contributed by atoms with Crippen molar-refractivity contribution in [3.8, 4) is 0 Å². The molecule has 1 atom stereocenters. The van der Waals surface area contributed by atoms with Crippen LogP contribution in [0.2, 0.25) is 0 Å². The summed E-state index contributed by atoms with van der Waals surface area (Å²) in [5.41, 5.74) is -0.0485. The molecule has 1 heterocycles. The molecule has 0 amide bonds. The van der Waals surface area contributed by atoms with Gasteiger partial charge in [0.25, 0.3) is 5.56 Å². The lowest BCUT2D eigenvalue weighted by atomic mass is 10.4. The zero-order chi connectivity index (χ0) is 12.3. The second-order valence-electron chi connectivity index (χ2n) is 4.28. The molecule has 2 rings (SSSR count). The van der Waals surface area contributed by atoms with E-state index in [-0.39, 0.29) is 5.56 Å². The van der Waals surface area contributed by atoms with E-state index in [0.29, 0.717) is 24.2 Å². The Morgan fingerprint density at radius 1 is 1.59 bits per heavy atom. The number of hydrogen-bond acceptors (Lipinski definition) is 4. The van der Waals surface area contributed by atoms with Gasteiger partial charge in [-0.1, -0.05) is 0 Å². The van der Waals surface area contributed by atoms with Gasteiger partial charge in [-0.05, 0) is 19.3 Å². The third-order valence-corrected chi connectivity index (χ3v) is 3.57. The SMILES string of the molecule is CS(=O)CCCNc1nccn(C2CC2)c1=O. The zero-order valence-corrected chi connectivity index (χ0v) is 10.7. The van der Waals surface area contributed by atoms with Gasteiger partial charge in [0.05, 0.1) is 0 Å². The van der Waals surface area contributed by atoms with E-state index in [1.54, 1.807) is 23.2 Å². The molecule has 0 radical (unpaired) electrons. The van der Waals surface area contributed by atoms with Crippen molar-refractivity contribution in [2.75, 3.05) is 23.9 Å². The molecule has 17 heavy (non-hydrogen) atoms. The zero-order valence-electron chi connectivity index (χ0n) is 9.89. The third-order valence-electron chi connectivity index (χ3n) is 2.71. The Hall–Kier alpha value is -1.17. The predicted molar refractivity (Wildman–Crippen MR) is 68.8 cm³/mol. The van der Waals surface area contributed by atoms with Gasteiger partial charge in [-0.3, -0.25) is 9.00 Å². The van der Waals surface area contributed by atoms with Crippen LogP contribution in [0.5, 0.6) is 0 Å². The molecule has 1 aliphatic rings. The highest BCUT2D eigenvalue weighted by molar-refractivity contribution is 7.84. The van der Waals surface area contributed by atoms with Crippen molar-refractivity contribution in [1.29, 1.82) is 0 Å². The van der Waals surface area contributed by atoms with Crippen LogP contribution < -0.4 is 10.9 Å². The molecule has 0 spiro atoms. The standard InChI is InChI=1S/C11H17N3O2S/c1-17(16)8-2-5-12-10-11(15)14(7-6-13-10)9-3-4-9/h6-7,9H,2-5,8H2,1H3,(H,12,13). The summed E-state index contributed by atoms with van der Waals surface area (Å²) in [6.07, 6.45) is 8.02. The lowest BCUT2D eigenvalue weighted by molar-refractivity contribution is 0.684. The maximum Gasteiger partial charge on any atom is 0.293 e. The molecule has 6 heteroatoms. The maximum absolute atomic E-state index is 12.0. The molecule has 1 aliphatic carbocycles. The Morgan fingerprint density at radius 2 is 2.35 bits per heavy atom. The van der Waals surface area contributed by atoms with E-state index in [1.807, 2.05) is 0 Å². The first-order valence-corrected chi connectivity index (χ1v) is 7.52. The number of aromatic nitrogens is 2. The molecule has 0 saturated heterocycles. The molecule has 1 aromatic heterocycles. The normalized spacial score (nSPS) is 16.8. The number of nitrogens with zero attached hydrogens (tertiary/aromatic N) is 2. The first kappa shape index (κ1) is 12.3. The van der Waals surface area contributed by atoms with Crippen molar-refractivity contribution < 1.29 is 4.21 Å². The second-order valence-corrected chi connectivity index (χ2v) is 5.83. The molecule has 0 bridgehead atoms. The lowest BCUT2D eigenvalue weighted by Gasteiger charge is -2.07. The summed E-state index contributed by atoms with van der Waals surface area (Å²) in [6, 6.07) is 0.370. The summed E-state index contributed by atoms with van der Waals surface area (Å²) >= 11 is 0. The molecule has 5 nitrogen and oxygen atoms in total. The average molecular weight is 255 g/mol. The molecule has 1 saturated carbocycles. The number of anilines is 1. The summed E-state index contributed by atoms with van der Waals surface area (Å²) in [5, 5.41) is 3.01. The minimum Gasteiger partial charge on any atom is -0.365 e. The number of hydrogen-bond donors (Lipinski definition) is 1. The molecule has 0 aromatic carbocycles. The van der Waals surface area contributed by atoms with Gasteiger partial charge in [0.1, 0.15) is 0 Å². The minimum absolute atomic E-state index is 0.0485. The molecule has 1 aromatic rings. The molecule has 0 aliphatic heterocycles. The predicted octanol–water partition coefficient (Wildman–Crippen LogP) is 0.759. The monoisotopic (exact) mass is 255 g/mol. The Labute approximate surface area is 103 Å². The Balaban J connectivity index is 1.94. The minimum atomic E-state index is -0.774. The first-order valence-electron chi connectivity index (χ1n) is 5.79. The van der Waals surface area contributed by atoms with Crippen LogP contribution in [0.3, 0.4) is 0 Å². The highest BCUT2D eigenvalue weighted by Crippen LogP contribution is 2.33. The van der Waals surface area contributed by atoms with E-state index in [2.05, 4.69) is 10.3 Å². The van der Waals surface area contributed by atoms with Crippen molar-refractivity contribution in [1.82, 2.24) is 9.55 Å². The summed E-state index contributed by atoms with van der Waals surface area (Å²) in [4.78, 5) is 16.0. The van der Waals surface area contributed by atoms with Gasteiger partial charge in [-0.2, -0.15) is 0 Å². The van der Waals surface area contributed by atoms with E-state index in [9.17, 15) is 9.00 Å². The maximum atomic E-state index is 12.0. The topological polar surface area (TPSA) is 64.0 Å². The van der Waals surface area contributed by atoms with Gasteiger partial charge >= 0.3 is 0 Å². The van der Waals surface area contributed by atoms with E-state index in [4.69, 9.17) is 0 Å². The molecule has 1 fully saturated rings. The summed E-state index contributed by atoms with van der Waals surface area (Å²) in [5.74, 6) is 1.05. The van der Waals surface area contributed by atoms with Gasteiger partial charge in [0.2, 0.25) is 0 Å². The average Bonchev–Trinajstić information content (AvgIpc) is 3.10. The van der Waals surface area contributed by atoms with Gasteiger partial charge in [0.15, 0.2) is 5.82 Å². The van der Waals surface area contributed by atoms with Crippen LogP contribution in [0.4, 0.5) is 5.82 Å².